The third-order valence-corrected chi connectivity index (χ3v) is 4.26. The lowest BCUT2D eigenvalue weighted by Gasteiger charge is -2.13. The normalized spacial score (nSPS) is 10.7. The Labute approximate surface area is 160 Å². The number of rotatable bonds is 10. The smallest absolute Gasteiger partial charge is 0.130 e. The number of ether oxygens (including phenoxy) is 2. The molecule has 27 heavy (non-hydrogen) atoms. The first kappa shape index (κ1) is 18.9. The molecule has 0 unspecified atom stereocenters. The molecule has 0 aliphatic rings. The first-order valence-electron chi connectivity index (χ1n) is 9.12. The zero-order chi connectivity index (χ0) is 18.9. The minimum absolute atomic E-state index is 0.446. The van der Waals surface area contributed by atoms with Crippen molar-refractivity contribution in [2.45, 2.75) is 26.0 Å². The molecule has 0 spiro atoms. The quantitative estimate of drug-likeness (QED) is 0.559. The highest BCUT2D eigenvalue weighted by Crippen LogP contribution is 2.25. The van der Waals surface area contributed by atoms with Gasteiger partial charge in [0.25, 0.3) is 0 Å². The van der Waals surface area contributed by atoms with Gasteiger partial charge in [0.2, 0.25) is 0 Å². The number of aryl methyl sites for hydroxylation is 2. The van der Waals surface area contributed by atoms with Crippen LogP contribution in [0.3, 0.4) is 0 Å². The van der Waals surface area contributed by atoms with E-state index >= 15 is 0 Å². The first-order valence-corrected chi connectivity index (χ1v) is 9.12. The lowest BCUT2D eigenvalue weighted by molar-refractivity contribution is 0.296. The molecule has 0 saturated carbocycles. The van der Waals surface area contributed by atoms with Crippen LogP contribution in [0.4, 0.5) is 0 Å². The summed E-state index contributed by atoms with van der Waals surface area (Å²) in [5, 5.41) is 7.69. The molecule has 142 valence electrons. The van der Waals surface area contributed by atoms with E-state index in [4.69, 9.17) is 9.47 Å². The summed E-state index contributed by atoms with van der Waals surface area (Å²) in [5.41, 5.74) is 3.25. The lowest BCUT2D eigenvalue weighted by Crippen LogP contribution is -2.16. The molecule has 3 aromatic rings. The molecule has 0 aliphatic heterocycles. The summed E-state index contributed by atoms with van der Waals surface area (Å²) >= 11 is 0. The molecular weight excluding hydrogens is 340 g/mol. The Bertz CT molecular complexity index is 833. The molecule has 0 saturated heterocycles. The van der Waals surface area contributed by atoms with Crippen LogP contribution in [0.5, 0.6) is 11.5 Å². The summed E-state index contributed by atoms with van der Waals surface area (Å²) in [4.78, 5) is 4.30. The van der Waals surface area contributed by atoms with Crippen molar-refractivity contribution in [3.63, 3.8) is 0 Å². The summed E-state index contributed by atoms with van der Waals surface area (Å²) in [6.07, 6.45) is 7.83. The Hall–Kier alpha value is -2.86. The Kier molecular flexibility index (Phi) is 6.82. The monoisotopic (exact) mass is 366 g/mol. The molecule has 0 amide bonds. The van der Waals surface area contributed by atoms with E-state index in [0.717, 1.165) is 48.7 Å². The predicted octanol–water partition coefficient (Wildman–Crippen LogP) is 3.13. The highest BCUT2D eigenvalue weighted by atomic mass is 16.5. The van der Waals surface area contributed by atoms with E-state index in [1.54, 1.807) is 13.3 Å². The maximum Gasteiger partial charge on any atom is 0.130 e. The standard InChI is InChI=1S/C21H26N4O2/c1-25-15-17(13-24-25)6-5-10-22-14-18-12-20(26-2)8-9-21(18)27-16-19-7-3-4-11-23-19/h3-4,7-9,11-13,15,22H,5-6,10,14,16H2,1-2H3. The second kappa shape index (κ2) is 9.73. The van der Waals surface area contributed by atoms with E-state index in [1.165, 1.54) is 5.56 Å². The van der Waals surface area contributed by atoms with Gasteiger partial charge in [0, 0.05) is 31.5 Å². The molecule has 0 fully saturated rings. The molecular formula is C21H26N4O2. The van der Waals surface area contributed by atoms with Gasteiger partial charge in [0.15, 0.2) is 0 Å². The number of pyridine rings is 1. The van der Waals surface area contributed by atoms with Gasteiger partial charge in [-0.1, -0.05) is 6.07 Å². The highest BCUT2D eigenvalue weighted by molar-refractivity contribution is 5.40. The first-order chi connectivity index (χ1) is 13.2. The second-order valence-electron chi connectivity index (χ2n) is 6.39. The van der Waals surface area contributed by atoms with E-state index in [0.29, 0.717) is 6.61 Å². The molecule has 1 N–H and O–H groups in total. The average Bonchev–Trinajstić information content (AvgIpc) is 3.12. The van der Waals surface area contributed by atoms with E-state index in [2.05, 4.69) is 21.6 Å². The van der Waals surface area contributed by atoms with Crippen molar-refractivity contribution < 1.29 is 9.47 Å². The number of hydrogen-bond acceptors (Lipinski definition) is 5. The second-order valence-corrected chi connectivity index (χ2v) is 6.39. The van der Waals surface area contributed by atoms with Crippen LogP contribution in [0.1, 0.15) is 23.2 Å². The average molecular weight is 366 g/mol. The van der Waals surface area contributed by atoms with Crippen molar-refractivity contribution in [1.29, 1.82) is 0 Å². The molecule has 2 aromatic heterocycles. The van der Waals surface area contributed by atoms with Gasteiger partial charge in [-0.15, -0.1) is 0 Å². The number of nitrogens with zero attached hydrogens (tertiary/aromatic N) is 3. The summed E-state index contributed by atoms with van der Waals surface area (Å²) in [5.74, 6) is 1.67. The van der Waals surface area contributed by atoms with Crippen LogP contribution in [-0.4, -0.2) is 28.4 Å². The van der Waals surface area contributed by atoms with Crippen molar-refractivity contribution in [2.24, 2.45) is 7.05 Å². The summed E-state index contributed by atoms with van der Waals surface area (Å²) in [7, 11) is 3.62. The fourth-order valence-electron chi connectivity index (χ4n) is 2.84. The fourth-order valence-corrected chi connectivity index (χ4v) is 2.84. The Morgan fingerprint density at radius 1 is 1.19 bits per heavy atom. The van der Waals surface area contributed by atoms with Gasteiger partial charge in [-0.05, 0) is 55.3 Å². The highest BCUT2D eigenvalue weighted by Gasteiger charge is 2.07. The van der Waals surface area contributed by atoms with Crippen molar-refractivity contribution in [2.75, 3.05) is 13.7 Å². The zero-order valence-electron chi connectivity index (χ0n) is 15.9. The van der Waals surface area contributed by atoms with Gasteiger partial charge >= 0.3 is 0 Å². The van der Waals surface area contributed by atoms with Crippen LogP contribution in [0.15, 0.2) is 55.0 Å². The van der Waals surface area contributed by atoms with Gasteiger partial charge < -0.3 is 14.8 Å². The third kappa shape index (κ3) is 5.82. The molecule has 6 heteroatoms. The number of hydrogen-bond donors (Lipinski definition) is 1. The van der Waals surface area contributed by atoms with E-state index in [9.17, 15) is 0 Å². The maximum absolute atomic E-state index is 5.98. The molecule has 6 nitrogen and oxygen atoms in total. The lowest BCUT2D eigenvalue weighted by atomic mass is 10.1. The molecule has 3 rings (SSSR count). The van der Waals surface area contributed by atoms with Crippen LogP contribution < -0.4 is 14.8 Å². The van der Waals surface area contributed by atoms with Crippen molar-refractivity contribution in [1.82, 2.24) is 20.1 Å². The summed E-state index contributed by atoms with van der Waals surface area (Å²) in [6.45, 7) is 2.09. The molecule has 0 atom stereocenters. The van der Waals surface area contributed by atoms with Gasteiger partial charge in [-0.2, -0.15) is 5.10 Å². The largest absolute Gasteiger partial charge is 0.497 e. The van der Waals surface area contributed by atoms with Crippen LogP contribution in [0, 0.1) is 0 Å². The minimum Gasteiger partial charge on any atom is -0.497 e. The Morgan fingerprint density at radius 2 is 2.11 bits per heavy atom. The van der Waals surface area contributed by atoms with Crippen LogP contribution in [-0.2, 0) is 26.6 Å². The Morgan fingerprint density at radius 3 is 2.85 bits per heavy atom. The predicted molar refractivity (Wildman–Crippen MR) is 105 cm³/mol. The third-order valence-electron chi connectivity index (χ3n) is 4.26. The number of aromatic nitrogens is 3. The van der Waals surface area contributed by atoms with Gasteiger partial charge in [0.05, 0.1) is 19.0 Å². The zero-order valence-corrected chi connectivity index (χ0v) is 15.9. The summed E-state index contributed by atoms with van der Waals surface area (Å²) < 4.78 is 13.2. The number of benzene rings is 1. The van der Waals surface area contributed by atoms with Crippen LogP contribution in [0.25, 0.3) is 0 Å². The van der Waals surface area contributed by atoms with Gasteiger partial charge in [-0.3, -0.25) is 9.67 Å². The maximum atomic E-state index is 5.98. The fraction of sp³-hybridized carbons (Fsp3) is 0.333. The molecule has 0 aliphatic carbocycles. The topological polar surface area (TPSA) is 61.2 Å². The van der Waals surface area contributed by atoms with Gasteiger partial charge in [-0.25, -0.2) is 0 Å². The molecule has 2 heterocycles. The van der Waals surface area contributed by atoms with Crippen LogP contribution in [0.2, 0.25) is 0 Å². The van der Waals surface area contributed by atoms with E-state index in [-0.39, 0.29) is 0 Å². The van der Waals surface area contributed by atoms with Crippen molar-refractivity contribution >= 4 is 0 Å². The number of methoxy groups -OCH3 is 1. The SMILES string of the molecule is COc1ccc(OCc2ccccn2)c(CNCCCc2cnn(C)c2)c1. The molecule has 0 bridgehead atoms. The summed E-state index contributed by atoms with van der Waals surface area (Å²) in [6, 6.07) is 11.7. The number of nitrogens with one attached hydrogen (secondary N) is 1. The van der Waals surface area contributed by atoms with Crippen molar-refractivity contribution in [3.8, 4) is 11.5 Å². The Balaban J connectivity index is 1.52. The van der Waals surface area contributed by atoms with Gasteiger partial charge in [0.1, 0.15) is 18.1 Å². The molecule has 1 aromatic carbocycles. The van der Waals surface area contributed by atoms with E-state index in [1.807, 2.05) is 54.3 Å². The van der Waals surface area contributed by atoms with E-state index < -0.39 is 0 Å². The minimum atomic E-state index is 0.446. The van der Waals surface area contributed by atoms with Crippen LogP contribution >= 0.6 is 0 Å². The molecule has 0 radical (unpaired) electrons. The van der Waals surface area contributed by atoms with Crippen molar-refractivity contribution in [3.05, 3.63) is 71.8 Å².